The quantitative estimate of drug-likeness (QED) is 0.750. The Labute approximate surface area is 77.8 Å². The Bertz CT molecular complexity index is 297. The minimum atomic E-state index is -3.00. The summed E-state index contributed by atoms with van der Waals surface area (Å²) in [5.74, 6) is 0. The van der Waals surface area contributed by atoms with Crippen LogP contribution in [0.1, 0.15) is 6.92 Å². The summed E-state index contributed by atoms with van der Waals surface area (Å²) in [7, 11) is -3.00. The predicted molar refractivity (Wildman–Crippen MR) is 52.4 cm³/mol. The maximum Gasteiger partial charge on any atom is 0.256 e. The SMILES string of the molecule is CCOP(=O)(CO)c1ccccc1. The van der Waals surface area contributed by atoms with Crippen LogP contribution in [-0.4, -0.2) is 18.1 Å². The van der Waals surface area contributed by atoms with Gasteiger partial charge in [-0.2, -0.15) is 0 Å². The van der Waals surface area contributed by atoms with Gasteiger partial charge in [0.1, 0.15) is 6.35 Å². The van der Waals surface area contributed by atoms with Gasteiger partial charge in [0.15, 0.2) is 0 Å². The summed E-state index contributed by atoms with van der Waals surface area (Å²) < 4.78 is 17.0. The molecule has 0 bridgehead atoms. The Morgan fingerprint density at radius 1 is 1.38 bits per heavy atom. The third-order valence-electron chi connectivity index (χ3n) is 1.67. The van der Waals surface area contributed by atoms with Crippen molar-refractivity contribution in [3.63, 3.8) is 0 Å². The molecule has 0 amide bonds. The molecule has 0 radical (unpaired) electrons. The van der Waals surface area contributed by atoms with Gasteiger partial charge in [-0.05, 0) is 19.1 Å². The van der Waals surface area contributed by atoms with Gasteiger partial charge in [0.05, 0.1) is 6.61 Å². The van der Waals surface area contributed by atoms with Gasteiger partial charge in [0.2, 0.25) is 0 Å². The number of benzene rings is 1. The maximum atomic E-state index is 11.9. The molecule has 1 rings (SSSR count). The Morgan fingerprint density at radius 3 is 2.46 bits per heavy atom. The van der Waals surface area contributed by atoms with E-state index < -0.39 is 13.7 Å². The molecule has 1 aromatic rings. The monoisotopic (exact) mass is 200 g/mol. The molecule has 0 aliphatic carbocycles. The average molecular weight is 200 g/mol. The summed E-state index contributed by atoms with van der Waals surface area (Å²) in [4.78, 5) is 0. The van der Waals surface area contributed by atoms with E-state index in [4.69, 9.17) is 9.63 Å². The van der Waals surface area contributed by atoms with E-state index >= 15 is 0 Å². The molecule has 1 aromatic carbocycles. The van der Waals surface area contributed by atoms with Crippen molar-refractivity contribution in [1.82, 2.24) is 0 Å². The van der Waals surface area contributed by atoms with E-state index in [-0.39, 0.29) is 0 Å². The van der Waals surface area contributed by atoms with Gasteiger partial charge in [-0.1, -0.05) is 18.2 Å². The molecule has 72 valence electrons. The summed E-state index contributed by atoms with van der Waals surface area (Å²) in [5, 5.41) is 9.55. The standard InChI is InChI=1S/C9H13O3P/c1-2-12-13(11,8-10)9-6-4-3-5-7-9/h3-7,10H,2,8H2,1H3. The van der Waals surface area contributed by atoms with E-state index in [1.807, 2.05) is 6.07 Å². The summed E-state index contributed by atoms with van der Waals surface area (Å²) in [5.41, 5.74) is 0. The fourth-order valence-electron chi connectivity index (χ4n) is 1.06. The zero-order valence-electron chi connectivity index (χ0n) is 7.51. The second kappa shape index (κ2) is 4.56. The van der Waals surface area contributed by atoms with Crippen molar-refractivity contribution < 1.29 is 14.2 Å². The molecule has 0 aliphatic heterocycles. The Hall–Kier alpha value is -0.630. The molecule has 0 heterocycles. The first-order valence-corrected chi connectivity index (χ1v) is 5.94. The normalized spacial score (nSPS) is 15.2. The van der Waals surface area contributed by atoms with Crippen molar-refractivity contribution in [2.75, 3.05) is 13.0 Å². The van der Waals surface area contributed by atoms with Crippen molar-refractivity contribution in [1.29, 1.82) is 0 Å². The second-order valence-electron chi connectivity index (χ2n) is 2.57. The smallest absolute Gasteiger partial charge is 0.256 e. The predicted octanol–water partition coefficient (Wildman–Crippen LogP) is 1.58. The molecule has 0 saturated carbocycles. The molecular weight excluding hydrogens is 187 g/mol. The fraction of sp³-hybridized carbons (Fsp3) is 0.333. The highest BCUT2D eigenvalue weighted by atomic mass is 31.2. The first-order chi connectivity index (χ1) is 6.23. The van der Waals surface area contributed by atoms with Crippen LogP contribution in [-0.2, 0) is 9.09 Å². The van der Waals surface area contributed by atoms with Crippen LogP contribution in [0.2, 0.25) is 0 Å². The van der Waals surface area contributed by atoms with Crippen LogP contribution in [0.5, 0.6) is 0 Å². The number of hydrogen-bond acceptors (Lipinski definition) is 3. The molecule has 1 atom stereocenters. The first kappa shape index (κ1) is 10.5. The Morgan fingerprint density at radius 2 is 2.00 bits per heavy atom. The van der Waals surface area contributed by atoms with Crippen molar-refractivity contribution in [2.24, 2.45) is 0 Å². The minimum absolute atomic E-state index is 0.340. The molecule has 0 aromatic heterocycles. The maximum absolute atomic E-state index is 11.9. The lowest BCUT2D eigenvalue weighted by molar-refractivity contribution is 0.291. The minimum Gasteiger partial charge on any atom is -0.386 e. The average Bonchev–Trinajstić information content (AvgIpc) is 2.19. The van der Waals surface area contributed by atoms with Crippen molar-refractivity contribution in [3.05, 3.63) is 30.3 Å². The lowest BCUT2D eigenvalue weighted by atomic mass is 10.4. The van der Waals surface area contributed by atoms with Gasteiger partial charge in [-0.15, -0.1) is 0 Å². The molecule has 4 heteroatoms. The molecule has 3 nitrogen and oxygen atoms in total. The molecule has 0 spiro atoms. The van der Waals surface area contributed by atoms with Gasteiger partial charge in [-0.3, -0.25) is 4.57 Å². The van der Waals surface area contributed by atoms with E-state index in [1.165, 1.54) is 0 Å². The largest absolute Gasteiger partial charge is 0.386 e. The topological polar surface area (TPSA) is 46.5 Å². The van der Waals surface area contributed by atoms with Crippen molar-refractivity contribution in [2.45, 2.75) is 6.92 Å². The number of rotatable bonds is 4. The molecule has 1 unspecified atom stereocenters. The van der Waals surface area contributed by atoms with Gasteiger partial charge in [0.25, 0.3) is 7.37 Å². The van der Waals surface area contributed by atoms with Crippen molar-refractivity contribution >= 4 is 12.7 Å². The highest BCUT2D eigenvalue weighted by Crippen LogP contribution is 2.43. The molecule has 13 heavy (non-hydrogen) atoms. The lowest BCUT2D eigenvalue weighted by Gasteiger charge is -2.14. The number of aliphatic hydroxyl groups excluding tert-OH is 1. The fourth-order valence-corrected chi connectivity index (χ4v) is 2.50. The van der Waals surface area contributed by atoms with Gasteiger partial charge < -0.3 is 9.63 Å². The number of hydrogen-bond donors (Lipinski definition) is 1. The van der Waals surface area contributed by atoms with Crippen LogP contribution in [0.3, 0.4) is 0 Å². The third kappa shape index (κ3) is 2.41. The van der Waals surface area contributed by atoms with Gasteiger partial charge in [-0.25, -0.2) is 0 Å². The second-order valence-corrected chi connectivity index (χ2v) is 4.97. The molecule has 1 N–H and O–H groups in total. The summed E-state index contributed by atoms with van der Waals surface area (Å²) in [6, 6.07) is 8.78. The highest BCUT2D eigenvalue weighted by molar-refractivity contribution is 7.66. The molecule has 0 aliphatic rings. The Balaban J connectivity index is 2.96. The van der Waals surface area contributed by atoms with Crippen LogP contribution in [0, 0.1) is 0 Å². The van der Waals surface area contributed by atoms with E-state index in [1.54, 1.807) is 31.2 Å². The molecular formula is C9H13O3P. The summed E-state index contributed by atoms with van der Waals surface area (Å²) in [6.07, 6.45) is -0.440. The van der Waals surface area contributed by atoms with E-state index in [0.29, 0.717) is 11.9 Å². The summed E-state index contributed by atoms with van der Waals surface area (Å²) >= 11 is 0. The van der Waals surface area contributed by atoms with E-state index in [9.17, 15) is 4.57 Å². The first-order valence-electron chi connectivity index (χ1n) is 4.13. The highest BCUT2D eigenvalue weighted by Gasteiger charge is 2.23. The Kier molecular flexibility index (Phi) is 3.67. The van der Waals surface area contributed by atoms with Crippen LogP contribution >= 0.6 is 7.37 Å². The van der Waals surface area contributed by atoms with Crippen LogP contribution in [0.25, 0.3) is 0 Å². The van der Waals surface area contributed by atoms with Gasteiger partial charge >= 0.3 is 0 Å². The molecule has 0 fully saturated rings. The van der Waals surface area contributed by atoms with Crippen LogP contribution < -0.4 is 5.30 Å². The third-order valence-corrected chi connectivity index (χ3v) is 3.81. The van der Waals surface area contributed by atoms with Crippen molar-refractivity contribution in [3.8, 4) is 0 Å². The van der Waals surface area contributed by atoms with Crippen LogP contribution in [0.4, 0.5) is 0 Å². The van der Waals surface area contributed by atoms with E-state index in [2.05, 4.69) is 0 Å². The summed E-state index contributed by atoms with van der Waals surface area (Å²) in [6.45, 7) is 2.10. The lowest BCUT2D eigenvalue weighted by Crippen LogP contribution is -2.09. The number of aliphatic hydroxyl groups is 1. The van der Waals surface area contributed by atoms with E-state index in [0.717, 1.165) is 0 Å². The van der Waals surface area contributed by atoms with Gasteiger partial charge in [0, 0.05) is 5.30 Å². The zero-order valence-corrected chi connectivity index (χ0v) is 8.41. The molecule has 0 saturated heterocycles. The zero-order chi connectivity index (χ0) is 9.73. The van der Waals surface area contributed by atoms with Crippen LogP contribution in [0.15, 0.2) is 30.3 Å².